The third-order valence-electron chi connectivity index (χ3n) is 3.20. The monoisotopic (exact) mass is 254 g/mol. The molecule has 2 aliphatic heterocycles. The maximum absolute atomic E-state index is 12.1. The molecule has 0 aromatic carbocycles. The Bertz CT molecular complexity index is 360. The molecule has 2 atom stereocenters. The molecule has 0 aliphatic carbocycles. The van der Waals surface area contributed by atoms with Crippen molar-refractivity contribution in [3.63, 3.8) is 0 Å². The van der Waals surface area contributed by atoms with Crippen molar-refractivity contribution in [1.82, 2.24) is 4.90 Å². The summed E-state index contributed by atoms with van der Waals surface area (Å²) in [6.45, 7) is 8.35. The van der Waals surface area contributed by atoms with Gasteiger partial charge in [-0.3, -0.25) is 0 Å². The predicted molar refractivity (Wildman–Crippen MR) is 68.6 cm³/mol. The summed E-state index contributed by atoms with van der Waals surface area (Å²) < 4.78 is 5.43. The minimum Gasteiger partial charge on any atom is -0.444 e. The quantitative estimate of drug-likeness (QED) is 0.722. The summed E-state index contributed by atoms with van der Waals surface area (Å²) in [5.74, 6) is 0. The fourth-order valence-electron chi connectivity index (χ4n) is 2.46. The van der Waals surface area contributed by atoms with Crippen molar-refractivity contribution >= 4 is 11.8 Å². The number of likely N-dealkylation sites (tertiary alicyclic amines) is 1. The van der Waals surface area contributed by atoms with Gasteiger partial charge in [-0.25, -0.2) is 4.79 Å². The zero-order valence-electron chi connectivity index (χ0n) is 11.6. The van der Waals surface area contributed by atoms with Gasteiger partial charge in [0.05, 0.1) is 11.8 Å². The van der Waals surface area contributed by atoms with E-state index in [9.17, 15) is 4.79 Å². The Morgan fingerprint density at radius 1 is 1.50 bits per heavy atom. The van der Waals surface area contributed by atoms with Gasteiger partial charge >= 0.3 is 6.09 Å². The Labute approximate surface area is 108 Å². The van der Waals surface area contributed by atoms with E-state index < -0.39 is 5.60 Å². The molecule has 0 aromatic heterocycles. The summed E-state index contributed by atoms with van der Waals surface area (Å²) in [4.78, 5) is 19.3. The van der Waals surface area contributed by atoms with Gasteiger partial charge in [0, 0.05) is 13.0 Å². The molecule has 0 N–H and O–H groups in total. The topological polar surface area (TPSA) is 51.1 Å². The van der Waals surface area contributed by atoms with Crippen molar-refractivity contribution in [3.8, 4) is 0 Å². The lowest BCUT2D eigenvalue weighted by Crippen LogP contribution is -2.45. The Hall–Kier alpha value is -1.26. The molecule has 2 heterocycles. The highest BCUT2D eigenvalue weighted by Gasteiger charge is 2.40. The van der Waals surface area contributed by atoms with Crippen LogP contribution in [0.5, 0.6) is 0 Å². The molecule has 2 rings (SSSR count). The number of carbonyl (C=O) groups is 1. The van der Waals surface area contributed by atoms with Gasteiger partial charge in [0.1, 0.15) is 5.60 Å². The first-order valence-electron chi connectivity index (χ1n) is 6.56. The largest absolute Gasteiger partial charge is 0.444 e. The van der Waals surface area contributed by atoms with Crippen LogP contribution in [0.25, 0.3) is 0 Å². The van der Waals surface area contributed by atoms with Gasteiger partial charge in [0.15, 0.2) is 6.10 Å². The molecular weight excluding hydrogens is 232 g/mol. The smallest absolute Gasteiger partial charge is 0.410 e. The van der Waals surface area contributed by atoms with Crippen molar-refractivity contribution < 1.29 is 14.4 Å². The molecule has 5 nitrogen and oxygen atoms in total. The van der Waals surface area contributed by atoms with Crippen LogP contribution in [0.1, 0.15) is 47.0 Å². The standard InChI is InChI=1S/C13H22N2O3/c1-9-8-11(18-14-9)10-6-5-7-15(10)12(16)17-13(2,3)4/h10-11H,5-8H2,1-4H3/t10-,11?/m0/s1. The van der Waals surface area contributed by atoms with Gasteiger partial charge in [0.25, 0.3) is 0 Å². The van der Waals surface area contributed by atoms with Gasteiger partial charge in [-0.05, 0) is 40.5 Å². The SMILES string of the molecule is CC1=NOC([C@@H]2CCCN2C(=O)OC(C)(C)C)C1. The Balaban J connectivity index is 1.97. The number of rotatable bonds is 1. The second-order valence-electron chi connectivity index (χ2n) is 6.06. The normalized spacial score (nSPS) is 28.0. The van der Waals surface area contributed by atoms with E-state index in [0.29, 0.717) is 0 Å². The minimum atomic E-state index is -0.451. The first-order valence-corrected chi connectivity index (χ1v) is 6.56. The molecule has 1 fully saturated rings. The summed E-state index contributed by atoms with van der Waals surface area (Å²) in [5, 5.41) is 3.97. The van der Waals surface area contributed by atoms with Crippen molar-refractivity contribution in [2.75, 3.05) is 6.54 Å². The average molecular weight is 254 g/mol. The highest BCUT2D eigenvalue weighted by Crippen LogP contribution is 2.28. The Morgan fingerprint density at radius 2 is 2.22 bits per heavy atom. The molecule has 18 heavy (non-hydrogen) atoms. The molecule has 0 bridgehead atoms. The number of ether oxygens (including phenoxy) is 1. The zero-order valence-corrected chi connectivity index (χ0v) is 11.6. The highest BCUT2D eigenvalue weighted by atomic mass is 16.6. The lowest BCUT2D eigenvalue weighted by Gasteiger charge is -2.30. The highest BCUT2D eigenvalue weighted by molar-refractivity contribution is 5.83. The van der Waals surface area contributed by atoms with E-state index in [1.165, 1.54) is 0 Å². The van der Waals surface area contributed by atoms with Gasteiger partial charge in [-0.1, -0.05) is 5.16 Å². The zero-order chi connectivity index (χ0) is 13.3. The van der Waals surface area contributed by atoms with Gasteiger partial charge in [0.2, 0.25) is 0 Å². The molecule has 0 spiro atoms. The Kier molecular flexibility index (Phi) is 3.50. The third-order valence-corrected chi connectivity index (χ3v) is 3.20. The molecule has 1 amide bonds. The molecule has 102 valence electrons. The van der Waals surface area contributed by atoms with Crippen LogP contribution in [0.2, 0.25) is 0 Å². The molecule has 0 radical (unpaired) electrons. The van der Waals surface area contributed by atoms with Crippen LogP contribution in [-0.2, 0) is 9.57 Å². The number of amides is 1. The number of carbonyl (C=O) groups excluding carboxylic acids is 1. The number of oxime groups is 1. The lowest BCUT2D eigenvalue weighted by molar-refractivity contribution is -0.00793. The molecule has 0 saturated carbocycles. The third kappa shape index (κ3) is 2.94. The van der Waals surface area contributed by atoms with E-state index in [0.717, 1.165) is 31.5 Å². The second-order valence-corrected chi connectivity index (χ2v) is 6.06. The Morgan fingerprint density at radius 3 is 2.78 bits per heavy atom. The molecule has 5 heteroatoms. The average Bonchev–Trinajstić information content (AvgIpc) is 2.81. The van der Waals surface area contributed by atoms with Crippen LogP contribution in [0.4, 0.5) is 4.79 Å². The van der Waals surface area contributed by atoms with E-state index in [1.807, 2.05) is 27.7 Å². The lowest BCUT2D eigenvalue weighted by atomic mass is 10.0. The first kappa shape index (κ1) is 13.2. The molecule has 1 unspecified atom stereocenters. The fourth-order valence-corrected chi connectivity index (χ4v) is 2.46. The van der Waals surface area contributed by atoms with Crippen molar-refractivity contribution in [2.45, 2.75) is 64.7 Å². The maximum atomic E-state index is 12.1. The fraction of sp³-hybridized carbons (Fsp3) is 0.846. The van der Waals surface area contributed by atoms with Crippen LogP contribution in [0.15, 0.2) is 5.16 Å². The maximum Gasteiger partial charge on any atom is 0.410 e. The summed E-state index contributed by atoms with van der Waals surface area (Å²) in [7, 11) is 0. The summed E-state index contributed by atoms with van der Waals surface area (Å²) in [6, 6.07) is 0.0982. The van der Waals surface area contributed by atoms with Crippen molar-refractivity contribution in [1.29, 1.82) is 0 Å². The molecule has 0 aromatic rings. The van der Waals surface area contributed by atoms with E-state index in [4.69, 9.17) is 9.57 Å². The van der Waals surface area contributed by atoms with E-state index in [-0.39, 0.29) is 18.2 Å². The summed E-state index contributed by atoms with van der Waals surface area (Å²) in [6.07, 6.45) is 2.54. The molecular formula is C13H22N2O3. The number of hydrogen-bond acceptors (Lipinski definition) is 4. The van der Waals surface area contributed by atoms with Gasteiger partial charge in [-0.2, -0.15) is 0 Å². The van der Waals surface area contributed by atoms with Crippen LogP contribution >= 0.6 is 0 Å². The van der Waals surface area contributed by atoms with Crippen molar-refractivity contribution in [2.24, 2.45) is 5.16 Å². The van der Waals surface area contributed by atoms with Crippen LogP contribution in [0.3, 0.4) is 0 Å². The van der Waals surface area contributed by atoms with Crippen LogP contribution in [0, 0.1) is 0 Å². The second kappa shape index (κ2) is 4.78. The predicted octanol–water partition coefficient (Wildman–Crippen LogP) is 2.55. The minimum absolute atomic E-state index is 0.0000170. The van der Waals surface area contributed by atoms with Gasteiger partial charge in [-0.15, -0.1) is 0 Å². The number of nitrogens with zero attached hydrogens (tertiary/aromatic N) is 2. The molecule has 2 aliphatic rings. The summed E-state index contributed by atoms with van der Waals surface area (Å²) in [5.41, 5.74) is 0.545. The first-order chi connectivity index (χ1) is 8.37. The van der Waals surface area contributed by atoms with Crippen LogP contribution < -0.4 is 0 Å². The van der Waals surface area contributed by atoms with E-state index in [2.05, 4.69) is 5.16 Å². The van der Waals surface area contributed by atoms with Crippen molar-refractivity contribution in [3.05, 3.63) is 0 Å². The van der Waals surface area contributed by atoms with E-state index >= 15 is 0 Å². The molecule has 1 saturated heterocycles. The van der Waals surface area contributed by atoms with Crippen LogP contribution in [-0.4, -0.2) is 41.0 Å². The van der Waals surface area contributed by atoms with Gasteiger partial charge < -0.3 is 14.5 Å². The summed E-state index contributed by atoms with van der Waals surface area (Å²) >= 11 is 0. The van der Waals surface area contributed by atoms with E-state index in [1.54, 1.807) is 4.90 Å². The number of hydrogen-bond donors (Lipinski definition) is 0.